The summed E-state index contributed by atoms with van der Waals surface area (Å²) >= 11 is 0. The van der Waals surface area contributed by atoms with Crippen LogP contribution in [0, 0.1) is 11.6 Å². The van der Waals surface area contributed by atoms with E-state index < -0.39 is 35.9 Å². The molecule has 1 N–H and O–H groups in total. The monoisotopic (exact) mass is 359 g/mol. The molecule has 0 radical (unpaired) electrons. The smallest absolute Gasteiger partial charge is 0.416 e. The Morgan fingerprint density at radius 2 is 1.84 bits per heavy atom. The van der Waals surface area contributed by atoms with Crippen molar-refractivity contribution in [3.63, 3.8) is 0 Å². The van der Waals surface area contributed by atoms with Gasteiger partial charge in [0.2, 0.25) is 0 Å². The van der Waals surface area contributed by atoms with Crippen LogP contribution in [0.4, 0.5) is 22.0 Å². The summed E-state index contributed by atoms with van der Waals surface area (Å²) in [6, 6.07) is 7.46. The van der Waals surface area contributed by atoms with E-state index in [1.807, 2.05) is 0 Å². The number of halogens is 5. The van der Waals surface area contributed by atoms with Crippen molar-refractivity contribution in [2.45, 2.75) is 12.6 Å². The molecule has 0 unspecified atom stereocenters. The van der Waals surface area contributed by atoms with E-state index in [4.69, 9.17) is 4.74 Å². The zero-order chi connectivity index (χ0) is 18.4. The maximum atomic E-state index is 13.3. The van der Waals surface area contributed by atoms with E-state index in [0.29, 0.717) is 11.6 Å². The van der Waals surface area contributed by atoms with E-state index in [-0.39, 0.29) is 18.7 Å². The highest BCUT2D eigenvalue weighted by Crippen LogP contribution is 2.29. The van der Waals surface area contributed by atoms with Crippen molar-refractivity contribution in [2.75, 3.05) is 13.2 Å². The molecular formula is C17H14F5NO2. The van der Waals surface area contributed by atoms with E-state index >= 15 is 0 Å². The Bertz CT molecular complexity index is 746. The lowest BCUT2D eigenvalue weighted by atomic mass is 10.1. The highest BCUT2D eigenvalue weighted by atomic mass is 19.4. The standard InChI is InChI=1S/C17H14F5NO2/c18-13-4-5-15(14(19)9-13)25-10-16(24)23-7-6-11-2-1-3-12(8-11)17(20,21)22/h1-5,8-9H,6-7,10H2,(H,23,24). The van der Waals surface area contributed by atoms with Crippen LogP contribution in [-0.2, 0) is 17.4 Å². The fourth-order valence-electron chi connectivity index (χ4n) is 2.04. The third-order valence-electron chi connectivity index (χ3n) is 3.24. The van der Waals surface area contributed by atoms with E-state index in [1.54, 1.807) is 0 Å². The average Bonchev–Trinajstić information content (AvgIpc) is 2.53. The summed E-state index contributed by atoms with van der Waals surface area (Å²) in [6.45, 7) is -0.402. The summed E-state index contributed by atoms with van der Waals surface area (Å²) in [5.74, 6) is -2.54. The SMILES string of the molecule is O=C(COc1ccc(F)cc1F)NCCc1cccc(C(F)(F)F)c1. The molecule has 0 spiro atoms. The summed E-state index contributed by atoms with van der Waals surface area (Å²) in [4.78, 5) is 11.6. The van der Waals surface area contributed by atoms with Crippen LogP contribution in [0.1, 0.15) is 11.1 Å². The first kappa shape index (κ1) is 18.7. The summed E-state index contributed by atoms with van der Waals surface area (Å²) in [5.41, 5.74) is -0.341. The second kappa shape index (κ2) is 7.96. The van der Waals surface area contributed by atoms with Crippen molar-refractivity contribution in [1.82, 2.24) is 5.32 Å². The van der Waals surface area contributed by atoms with E-state index in [0.717, 1.165) is 24.3 Å². The predicted molar refractivity (Wildman–Crippen MR) is 80.0 cm³/mol. The van der Waals surface area contributed by atoms with Gasteiger partial charge in [-0.1, -0.05) is 18.2 Å². The maximum absolute atomic E-state index is 13.3. The van der Waals surface area contributed by atoms with Gasteiger partial charge in [0, 0.05) is 12.6 Å². The van der Waals surface area contributed by atoms with Crippen LogP contribution < -0.4 is 10.1 Å². The first-order valence-corrected chi connectivity index (χ1v) is 7.26. The van der Waals surface area contributed by atoms with Crippen LogP contribution in [0.3, 0.4) is 0 Å². The quantitative estimate of drug-likeness (QED) is 0.799. The summed E-state index contributed by atoms with van der Waals surface area (Å²) in [5, 5.41) is 2.45. The number of nitrogens with one attached hydrogen (secondary N) is 1. The number of ether oxygens (including phenoxy) is 1. The molecule has 2 aromatic carbocycles. The molecule has 0 aromatic heterocycles. The van der Waals surface area contributed by atoms with Crippen molar-refractivity contribution in [1.29, 1.82) is 0 Å². The Hall–Kier alpha value is -2.64. The number of benzene rings is 2. The third-order valence-corrected chi connectivity index (χ3v) is 3.24. The molecule has 1 amide bonds. The molecule has 0 aliphatic rings. The number of hydrogen-bond donors (Lipinski definition) is 1. The lowest BCUT2D eigenvalue weighted by Gasteiger charge is -2.10. The average molecular weight is 359 g/mol. The van der Waals surface area contributed by atoms with E-state index in [2.05, 4.69) is 5.32 Å². The van der Waals surface area contributed by atoms with Crippen LogP contribution >= 0.6 is 0 Å². The molecule has 0 aliphatic carbocycles. The molecule has 3 nitrogen and oxygen atoms in total. The number of hydrogen-bond acceptors (Lipinski definition) is 2. The lowest BCUT2D eigenvalue weighted by molar-refractivity contribution is -0.137. The summed E-state index contributed by atoms with van der Waals surface area (Å²) < 4.78 is 68.8. The number of carbonyl (C=O) groups excluding carboxylic acids is 1. The van der Waals surface area contributed by atoms with E-state index in [1.165, 1.54) is 12.1 Å². The summed E-state index contributed by atoms with van der Waals surface area (Å²) in [7, 11) is 0. The zero-order valence-electron chi connectivity index (χ0n) is 12.9. The van der Waals surface area contributed by atoms with Crippen molar-refractivity contribution < 1.29 is 31.5 Å². The number of carbonyl (C=O) groups is 1. The lowest BCUT2D eigenvalue weighted by Crippen LogP contribution is -2.30. The molecule has 0 saturated carbocycles. The molecule has 2 rings (SSSR count). The van der Waals surface area contributed by atoms with Crippen molar-refractivity contribution in [2.24, 2.45) is 0 Å². The minimum atomic E-state index is -4.42. The van der Waals surface area contributed by atoms with Gasteiger partial charge < -0.3 is 10.1 Å². The topological polar surface area (TPSA) is 38.3 Å². The molecule has 0 fully saturated rings. The molecule has 0 heterocycles. The van der Waals surface area contributed by atoms with Crippen molar-refractivity contribution in [3.8, 4) is 5.75 Å². The minimum Gasteiger partial charge on any atom is -0.481 e. The molecule has 0 bridgehead atoms. The molecule has 2 aromatic rings. The van der Waals surface area contributed by atoms with Gasteiger partial charge in [0.05, 0.1) is 5.56 Å². The highest BCUT2D eigenvalue weighted by Gasteiger charge is 2.30. The molecule has 8 heteroatoms. The largest absolute Gasteiger partial charge is 0.481 e. The highest BCUT2D eigenvalue weighted by molar-refractivity contribution is 5.77. The maximum Gasteiger partial charge on any atom is 0.416 e. The van der Waals surface area contributed by atoms with Crippen LogP contribution in [0.15, 0.2) is 42.5 Å². The number of rotatable bonds is 6. The first-order valence-electron chi connectivity index (χ1n) is 7.26. The first-order chi connectivity index (χ1) is 11.8. The second-order valence-corrected chi connectivity index (χ2v) is 5.16. The van der Waals surface area contributed by atoms with Crippen LogP contribution in [0.5, 0.6) is 5.75 Å². The minimum absolute atomic E-state index is 0.0927. The summed E-state index contributed by atoms with van der Waals surface area (Å²) in [6.07, 6.45) is -4.23. The fraction of sp³-hybridized carbons (Fsp3) is 0.235. The normalized spacial score (nSPS) is 11.2. The Kier molecular flexibility index (Phi) is 5.95. The van der Waals surface area contributed by atoms with Gasteiger partial charge in [-0.2, -0.15) is 13.2 Å². The van der Waals surface area contributed by atoms with Gasteiger partial charge in [-0.05, 0) is 30.2 Å². The van der Waals surface area contributed by atoms with Gasteiger partial charge >= 0.3 is 6.18 Å². The van der Waals surface area contributed by atoms with Gasteiger partial charge in [0.1, 0.15) is 5.82 Å². The number of amides is 1. The van der Waals surface area contributed by atoms with Crippen LogP contribution in [0.25, 0.3) is 0 Å². The Labute approximate surface area is 140 Å². The molecule has 0 aliphatic heterocycles. The van der Waals surface area contributed by atoms with Gasteiger partial charge in [-0.25, -0.2) is 8.78 Å². The van der Waals surface area contributed by atoms with Crippen LogP contribution in [0.2, 0.25) is 0 Å². The Morgan fingerprint density at radius 1 is 1.08 bits per heavy atom. The van der Waals surface area contributed by atoms with E-state index in [9.17, 15) is 26.7 Å². The molecule has 0 atom stereocenters. The fourth-order valence-corrected chi connectivity index (χ4v) is 2.04. The third kappa shape index (κ3) is 5.74. The van der Waals surface area contributed by atoms with Gasteiger partial charge in [-0.15, -0.1) is 0 Å². The Balaban J connectivity index is 1.79. The van der Waals surface area contributed by atoms with Crippen LogP contribution in [-0.4, -0.2) is 19.1 Å². The predicted octanol–water partition coefficient (Wildman–Crippen LogP) is 3.72. The van der Waals surface area contributed by atoms with Crippen molar-refractivity contribution in [3.05, 3.63) is 65.2 Å². The van der Waals surface area contributed by atoms with Crippen molar-refractivity contribution >= 4 is 5.91 Å². The van der Waals surface area contributed by atoms with Gasteiger partial charge in [0.25, 0.3) is 5.91 Å². The zero-order valence-corrected chi connectivity index (χ0v) is 12.9. The Morgan fingerprint density at radius 3 is 2.52 bits per heavy atom. The molecule has 134 valence electrons. The second-order valence-electron chi connectivity index (χ2n) is 5.16. The molecule has 25 heavy (non-hydrogen) atoms. The van der Waals surface area contributed by atoms with Gasteiger partial charge in [0.15, 0.2) is 18.2 Å². The molecular weight excluding hydrogens is 345 g/mol. The molecule has 0 saturated heterocycles. The number of alkyl halides is 3. The van der Waals surface area contributed by atoms with Gasteiger partial charge in [-0.3, -0.25) is 4.79 Å².